The molecule has 172 valence electrons. The molecule has 2 aromatic carbocycles. The number of hydrogen-bond acceptors (Lipinski definition) is 2. The van der Waals surface area contributed by atoms with Gasteiger partial charge in [-0.05, 0) is 49.1 Å². The molecule has 1 saturated carbocycles. The fourth-order valence-corrected chi connectivity index (χ4v) is 4.43. The number of nitrogens with zero attached hydrogens (tertiary/aromatic N) is 1. The molecule has 32 heavy (non-hydrogen) atoms. The topological polar surface area (TPSA) is 49.4 Å². The van der Waals surface area contributed by atoms with E-state index in [2.05, 4.69) is 5.32 Å². The maximum atomic E-state index is 14.3. The molecule has 0 heterocycles. The minimum atomic E-state index is -0.722. The number of carbonyl (C=O) groups is 2. The van der Waals surface area contributed by atoms with Gasteiger partial charge >= 0.3 is 0 Å². The van der Waals surface area contributed by atoms with Gasteiger partial charge < -0.3 is 10.2 Å². The smallest absolute Gasteiger partial charge is 0.243 e. The zero-order valence-electron chi connectivity index (χ0n) is 18.3. The van der Waals surface area contributed by atoms with Crippen LogP contribution >= 0.6 is 11.6 Å². The molecule has 7 heteroatoms. The van der Waals surface area contributed by atoms with E-state index >= 15 is 0 Å². The van der Waals surface area contributed by atoms with Crippen molar-refractivity contribution in [2.75, 3.05) is 0 Å². The highest BCUT2D eigenvalue weighted by molar-refractivity contribution is 6.31. The zero-order valence-corrected chi connectivity index (χ0v) is 19.0. The summed E-state index contributed by atoms with van der Waals surface area (Å²) in [6, 6.07) is 9.44. The van der Waals surface area contributed by atoms with Crippen molar-refractivity contribution in [1.29, 1.82) is 0 Å². The Kier molecular flexibility index (Phi) is 8.62. The maximum Gasteiger partial charge on any atom is 0.243 e. The Morgan fingerprint density at radius 3 is 2.41 bits per heavy atom. The van der Waals surface area contributed by atoms with Gasteiger partial charge in [0.15, 0.2) is 0 Å². The lowest BCUT2D eigenvalue weighted by Crippen LogP contribution is -2.52. The minimum Gasteiger partial charge on any atom is -0.352 e. The summed E-state index contributed by atoms with van der Waals surface area (Å²) in [7, 11) is 0. The van der Waals surface area contributed by atoms with Gasteiger partial charge in [-0.15, -0.1) is 0 Å². The Bertz CT molecular complexity index is 910. The Labute approximate surface area is 192 Å². The van der Waals surface area contributed by atoms with Gasteiger partial charge in [-0.2, -0.15) is 0 Å². The van der Waals surface area contributed by atoms with Crippen LogP contribution in [0.15, 0.2) is 42.5 Å². The van der Waals surface area contributed by atoms with E-state index in [1.807, 2.05) is 6.92 Å². The lowest BCUT2D eigenvalue weighted by atomic mass is 9.95. The van der Waals surface area contributed by atoms with Gasteiger partial charge in [-0.25, -0.2) is 8.78 Å². The Morgan fingerprint density at radius 1 is 1.09 bits per heavy atom. The van der Waals surface area contributed by atoms with Crippen molar-refractivity contribution in [3.05, 3.63) is 70.2 Å². The van der Waals surface area contributed by atoms with Crippen molar-refractivity contribution in [3.63, 3.8) is 0 Å². The van der Waals surface area contributed by atoms with E-state index in [9.17, 15) is 18.4 Å². The molecule has 4 nitrogen and oxygen atoms in total. The van der Waals surface area contributed by atoms with Gasteiger partial charge in [0.1, 0.15) is 17.7 Å². The summed E-state index contributed by atoms with van der Waals surface area (Å²) < 4.78 is 27.7. The van der Waals surface area contributed by atoms with Crippen LogP contribution in [0.5, 0.6) is 0 Å². The van der Waals surface area contributed by atoms with Gasteiger partial charge in [0.05, 0.1) is 6.42 Å². The van der Waals surface area contributed by atoms with E-state index in [1.54, 1.807) is 12.1 Å². The van der Waals surface area contributed by atoms with E-state index in [0.717, 1.165) is 25.7 Å². The predicted octanol–water partition coefficient (Wildman–Crippen LogP) is 5.42. The SMILES string of the molecule is CC[C@@H](C(=O)NC1CCCCC1)N(Cc1ccc(F)cc1)C(=O)Cc1c(F)cccc1Cl. The summed E-state index contributed by atoms with van der Waals surface area (Å²) in [6.45, 7) is 1.95. The molecule has 0 radical (unpaired) electrons. The molecule has 0 bridgehead atoms. The molecule has 1 atom stereocenters. The highest BCUT2D eigenvalue weighted by atomic mass is 35.5. The molecule has 0 saturated heterocycles. The molecule has 1 N–H and O–H groups in total. The molecule has 2 aromatic rings. The number of nitrogens with one attached hydrogen (secondary N) is 1. The van der Waals surface area contributed by atoms with Gasteiger partial charge in [-0.1, -0.05) is 56.0 Å². The van der Waals surface area contributed by atoms with E-state index in [4.69, 9.17) is 11.6 Å². The van der Waals surface area contributed by atoms with E-state index in [-0.39, 0.29) is 41.3 Å². The number of benzene rings is 2. The average Bonchev–Trinajstić information content (AvgIpc) is 2.78. The number of amides is 2. The number of rotatable bonds is 8. The second kappa shape index (κ2) is 11.4. The molecule has 2 amide bonds. The monoisotopic (exact) mass is 462 g/mol. The van der Waals surface area contributed by atoms with Crippen LogP contribution in [0.25, 0.3) is 0 Å². The summed E-state index contributed by atoms with van der Waals surface area (Å²) in [4.78, 5) is 27.9. The van der Waals surface area contributed by atoms with Crippen molar-refractivity contribution in [2.24, 2.45) is 0 Å². The molecule has 1 fully saturated rings. The first kappa shape index (κ1) is 24.2. The summed E-state index contributed by atoms with van der Waals surface area (Å²) in [6.07, 6.45) is 5.31. The molecule has 0 aliphatic heterocycles. The van der Waals surface area contributed by atoms with Crippen LogP contribution in [0, 0.1) is 11.6 Å². The molecular formula is C25H29ClF2N2O2. The largest absolute Gasteiger partial charge is 0.352 e. The Balaban J connectivity index is 1.84. The van der Waals surface area contributed by atoms with Gasteiger partial charge in [0.2, 0.25) is 11.8 Å². The van der Waals surface area contributed by atoms with E-state index < -0.39 is 17.8 Å². The fraction of sp³-hybridized carbons (Fsp3) is 0.440. The number of hydrogen-bond donors (Lipinski definition) is 1. The molecule has 1 aliphatic carbocycles. The Morgan fingerprint density at radius 2 is 1.78 bits per heavy atom. The van der Waals surface area contributed by atoms with Crippen molar-refractivity contribution in [1.82, 2.24) is 10.2 Å². The van der Waals surface area contributed by atoms with Crippen LogP contribution in [0.1, 0.15) is 56.6 Å². The molecular weight excluding hydrogens is 434 g/mol. The van der Waals surface area contributed by atoms with Crippen LogP contribution < -0.4 is 5.32 Å². The fourth-order valence-electron chi connectivity index (χ4n) is 4.20. The third-order valence-corrected chi connectivity index (χ3v) is 6.35. The first-order valence-corrected chi connectivity index (χ1v) is 11.5. The molecule has 0 spiro atoms. The predicted molar refractivity (Wildman–Crippen MR) is 121 cm³/mol. The Hall–Kier alpha value is -2.47. The highest BCUT2D eigenvalue weighted by Gasteiger charge is 2.31. The average molecular weight is 463 g/mol. The molecule has 3 rings (SSSR count). The van der Waals surface area contributed by atoms with Gasteiger partial charge in [0, 0.05) is 23.2 Å². The summed E-state index contributed by atoms with van der Waals surface area (Å²) in [5, 5.41) is 3.26. The third-order valence-electron chi connectivity index (χ3n) is 5.99. The second-order valence-electron chi connectivity index (χ2n) is 8.29. The highest BCUT2D eigenvalue weighted by Crippen LogP contribution is 2.23. The standard InChI is InChI=1S/C25H29ClF2N2O2/c1-2-23(25(32)29-19-7-4-3-5-8-19)30(16-17-11-13-18(27)14-12-17)24(31)15-20-21(26)9-6-10-22(20)28/h6,9-14,19,23H,2-5,7-8,15-16H2,1H3,(H,29,32)/t23-/m0/s1. The van der Waals surface area contributed by atoms with E-state index in [0.29, 0.717) is 12.0 Å². The quantitative estimate of drug-likeness (QED) is 0.569. The van der Waals surface area contributed by atoms with Crippen molar-refractivity contribution in [3.8, 4) is 0 Å². The van der Waals surface area contributed by atoms with Crippen LogP contribution in [0.4, 0.5) is 8.78 Å². The van der Waals surface area contributed by atoms with Crippen LogP contribution in [0.2, 0.25) is 5.02 Å². The minimum absolute atomic E-state index is 0.103. The number of carbonyl (C=O) groups excluding carboxylic acids is 2. The molecule has 0 unspecified atom stereocenters. The van der Waals surface area contributed by atoms with Crippen LogP contribution in [-0.2, 0) is 22.6 Å². The van der Waals surface area contributed by atoms with Crippen LogP contribution in [0.3, 0.4) is 0 Å². The van der Waals surface area contributed by atoms with Gasteiger partial charge in [-0.3, -0.25) is 9.59 Å². The van der Waals surface area contributed by atoms with Crippen LogP contribution in [-0.4, -0.2) is 28.8 Å². The summed E-state index contributed by atoms with van der Waals surface area (Å²) >= 11 is 6.13. The first-order valence-electron chi connectivity index (χ1n) is 11.2. The van der Waals surface area contributed by atoms with Crippen molar-refractivity contribution in [2.45, 2.75) is 70.5 Å². The summed E-state index contributed by atoms with van der Waals surface area (Å²) in [5.41, 5.74) is 0.786. The lowest BCUT2D eigenvalue weighted by molar-refractivity contribution is -0.141. The first-order chi connectivity index (χ1) is 15.4. The number of halogens is 3. The second-order valence-corrected chi connectivity index (χ2v) is 8.70. The normalized spacial score (nSPS) is 15.2. The maximum absolute atomic E-state index is 14.3. The zero-order chi connectivity index (χ0) is 23.1. The van der Waals surface area contributed by atoms with E-state index in [1.165, 1.54) is 41.7 Å². The molecule has 0 aromatic heterocycles. The lowest BCUT2D eigenvalue weighted by Gasteiger charge is -2.33. The van der Waals surface area contributed by atoms with Gasteiger partial charge in [0.25, 0.3) is 0 Å². The van der Waals surface area contributed by atoms with Crippen molar-refractivity contribution >= 4 is 23.4 Å². The molecule has 1 aliphatic rings. The summed E-state index contributed by atoms with van der Waals surface area (Å²) in [5.74, 6) is -1.57. The van der Waals surface area contributed by atoms with Crippen molar-refractivity contribution < 1.29 is 18.4 Å². The third kappa shape index (κ3) is 6.28.